The second-order valence-corrected chi connectivity index (χ2v) is 16.5. The molecule has 14 nitrogen and oxygen atoms in total. The van der Waals surface area contributed by atoms with Crippen molar-refractivity contribution in [3.63, 3.8) is 0 Å². The Labute approximate surface area is 284 Å². The molecule has 0 amide bonds. The van der Waals surface area contributed by atoms with Crippen LogP contribution in [0.25, 0.3) is 0 Å². The van der Waals surface area contributed by atoms with Gasteiger partial charge >= 0.3 is 5.97 Å². The molecule has 15 heteroatoms. The number of hydrogen-bond donors (Lipinski definition) is 0. The number of rotatable bonds is 37. The predicted octanol–water partition coefficient (Wildman–Crippen LogP) is 2.75. The largest absolute Gasteiger partial charge is 0.469 e. The molecule has 0 saturated carbocycles. The van der Waals surface area contributed by atoms with Crippen molar-refractivity contribution in [3.05, 3.63) is 0 Å². The summed E-state index contributed by atoms with van der Waals surface area (Å²) in [5.41, 5.74) is 0. The molecule has 0 rings (SSSR count). The van der Waals surface area contributed by atoms with Gasteiger partial charge in [-0.2, -0.15) is 0 Å². The summed E-state index contributed by atoms with van der Waals surface area (Å²) in [6, 6.07) is 0. The molecule has 0 bridgehead atoms. The lowest BCUT2D eigenvalue weighted by atomic mass is 10.2. The Morgan fingerprint density at radius 3 is 0.830 bits per heavy atom. The molecular formula is C32H66O14Si. The Kier molecular flexibility index (Phi) is 33.1. The summed E-state index contributed by atoms with van der Waals surface area (Å²) in [6.07, 6.45) is 0.245. The fourth-order valence-corrected chi connectivity index (χ4v) is 4.16. The lowest BCUT2D eigenvalue weighted by Crippen LogP contribution is -2.41. The minimum Gasteiger partial charge on any atom is -0.469 e. The van der Waals surface area contributed by atoms with Crippen molar-refractivity contribution in [1.29, 1.82) is 0 Å². The van der Waals surface area contributed by atoms with Crippen LogP contribution in [-0.2, 0) is 66.1 Å². The number of methoxy groups -OCH3 is 1. The van der Waals surface area contributed by atoms with Gasteiger partial charge in [0.15, 0.2) is 8.32 Å². The smallest absolute Gasteiger partial charge is 0.307 e. The molecule has 0 atom stereocenters. The third-order valence-corrected chi connectivity index (χ3v) is 11.4. The number of esters is 1. The molecule has 0 radical (unpaired) electrons. The maximum atomic E-state index is 10.9. The lowest BCUT2D eigenvalue weighted by molar-refractivity contribution is -0.141. The van der Waals surface area contributed by atoms with E-state index in [4.69, 9.17) is 56.5 Å². The highest BCUT2D eigenvalue weighted by atomic mass is 28.4. The molecule has 0 aliphatic heterocycles. The Morgan fingerprint density at radius 2 is 0.617 bits per heavy atom. The number of hydrogen-bond acceptors (Lipinski definition) is 14. The normalized spacial score (nSPS) is 12.2. The summed E-state index contributed by atoms with van der Waals surface area (Å²) in [5, 5.41) is 0.214. The molecule has 0 fully saturated rings. The van der Waals surface area contributed by atoms with E-state index in [1.807, 2.05) is 0 Å². The second kappa shape index (κ2) is 33.7. The molecular weight excluding hydrogens is 636 g/mol. The van der Waals surface area contributed by atoms with Crippen LogP contribution in [0.3, 0.4) is 0 Å². The van der Waals surface area contributed by atoms with Crippen molar-refractivity contribution in [1.82, 2.24) is 0 Å². The first-order chi connectivity index (χ1) is 22.7. The molecule has 0 aromatic carbocycles. The topological polar surface area (TPSA) is 137 Å². The Hall–Kier alpha value is -0.793. The summed E-state index contributed by atoms with van der Waals surface area (Å²) in [4.78, 5) is 10.9. The highest BCUT2D eigenvalue weighted by molar-refractivity contribution is 6.74. The van der Waals surface area contributed by atoms with Crippen LogP contribution in [0.4, 0.5) is 0 Å². The van der Waals surface area contributed by atoms with Crippen LogP contribution in [0.2, 0.25) is 18.1 Å². The van der Waals surface area contributed by atoms with E-state index in [2.05, 4.69) is 38.6 Å². The van der Waals surface area contributed by atoms with E-state index in [1.165, 1.54) is 7.11 Å². The quantitative estimate of drug-likeness (QED) is 0.0533. The van der Waals surface area contributed by atoms with Crippen molar-refractivity contribution < 1.29 is 66.1 Å². The van der Waals surface area contributed by atoms with Crippen LogP contribution >= 0.6 is 0 Å². The minimum absolute atomic E-state index is 0.214. The van der Waals surface area contributed by atoms with Crippen LogP contribution in [0.15, 0.2) is 0 Å². The molecule has 0 aliphatic carbocycles. The first-order valence-corrected chi connectivity index (χ1v) is 19.7. The highest BCUT2D eigenvalue weighted by Crippen LogP contribution is 2.36. The summed E-state index contributed by atoms with van der Waals surface area (Å²) >= 11 is 0. The standard InChI is InChI=1S/C32H66O14Si/c1-32(2,3)47(5,6)46-30-29-45-28-27-44-26-25-43-24-23-42-22-21-41-20-19-40-18-17-39-16-15-38-14-13-37-12-11-36-10-9-35-8-7-31(33)34-4/h7-30H2,1-6H3. The molecule has 0 unspecified atom stereocenters. The van der Waals surface area contributed by atoms with Crippen molar-refractivity contribution in [2.75, 3.05) is 159 Å². The summed E-state index contributed by atoms with van der Waals surface area (Å²) in [7, 11) is -0.347. The molecule has 47 heavy (non-hydrogen) atoms. The van der Waals surface area contributed by atoms with Gasteiger partial charge in [-0.1, -0.05) is 20.8 Å². The van der Waals surface area contributed by atoms with Gasteiger partial charge in [-0.3, -0.25) is 4.79 Å². The van der Waals surface area contributed by atoms with Gasteiger partial charge in [0, 0.05) is 0 Å². The lowest BCUT2D eigenvalue weighted by Gasteiger charge is -2.36. The van der Waals surface area contributed by atoms with Gasteiger partial charge in [-0.05, 0) is 18.1 Å². The third-order valence-electron chi connectivity index (χ3n) is 6.90. The highest BCUT2D eigenvalue weighted by Gasteiger charge is 2.36. The monoisotopic (exact) mass is 702 g/mol. The summed E-state index contributed by atoms with van der Waals surface area (Å²) in [6.45, 7) is 22.7. The number of carbonyl (C=O) groups is 1. The zero-order valence-corrected chi connectivity index (χ0v) is 31.2. The Balaban J connectivity index is 3.13. The summed E-state index contributed by atoms with van der Waals surface area (Å²) in [5.74, 6) is -0.285. The van der Waals surface area contributed by atoms with E-state index < -0.39 is 8.32 Å². The van der Waals surface area contributed by atoms with Crippen molar-refractivity contribution in [3.8, 4) is 0 Å². The molecule has 0 heterocycles. The SMILES string of the molecule is COC(=O)CCOCCOCCOCCOCCOCCOCCOCCOCCOCCOCCOCCO[Si](C)(C)C(C)(C)C. The van der Waals surface area contributed by atoms with E-state index in [-0.39, 0.29) is 17.4 Å². The van der Waals surface area contributed by atoms with E-state index in [1.54, 1.807) is 0 Å². The van der Waals surface area contributed by atoms with Crippen molar-refractivity contribution in [2.24, 2.45) is 0 Å². The van der Waals surface area contributed by atoms with Crippen LogP contribution in [0.5, 0.6) is 0 Å². The third kappa shape index (κ3) is 33.5. The fraction of sp³-hybridized carbons (Fsp3) is 0.969. The molecule has 0 saturated heterocycles. The summed E-state index contributed by atoms with van der Waals surface area (Å²) < 4.78 is 70.6. The van der Waals surface area contributed by atoms with Gasteiger partial charge in [0.25, 0.3) is 0 Å². The maximum absolute atomic E-state index is 10.9. The van der Waals surface area contributed by atoms with E-state index >= 15 is 0 Å². The van der Waals surface area contributed by atoms with Crippen LogP contribution in [-0.4, -0.2) is 173 Å². The Bertz CT molecular complexity index is 666. The van der Waals surface area contributed by atoms with Gasteiger partial charge in [0.1, 0.15) is 0 Å². The number of carbonyl (C=O) groups excluding carboxylic acids is 1. The van der Waals surface area contributed by atoms with Gasteiger partial charge in [-0.25, -0.2) is 0 Å². The molecule has 0 aliphatic rings. The molecule has 0 aromatic heterocycles. The fourth-order valence-electron chi connectivity index (χ4n) is 3.13. The molecule has 0 spiro atoms. The van der Waals surface area contributed by atoms with E-state index in [0.29, 0.717) is 152 Å². The van der Waals surface area contributed by atoms with Gasteiger partial charge in [-0.15, -0.1) is 0 Å². The zero-order valence-electron chi connectivity index (χ0n) is 30.2. The van der Waals surface area contributed by atoms with Crippen LogP contribution in [0.1, 0.15) is 27.2 Å². The van der Waals surface area contributed by atoms with Gasteiger partial charge < -0.3 is 61.3 Å². The zero-order chi connectivity index (χ0) is 34.7. The second-order valence-electron chi connectivity index (χ2n) is 11.7. The van der Waals surface area contributed by atoms with Crippen molar-refractivity contribution >= 4 is 14.3 Å². The first kappa shape index (κ1) is 46.2. The van der Waals surface area contributed by atoms with E-state index in [0.717, 1.165) is 0 Å². The maximum Gasteiger partial charge on any atom is 0.307 e. The van der Waals surface area contributed by atoms with Crippen molar-refractivity contribution in [2.45, 2.75) is 45.3 Å². The number of ether oxygens (including phenoxy) is 12. The average Bonchev–Trinajstić information content (AvgIpc) is 3.03. The average molecular weight is 703 g/mol. The van der Waals surface area contributed by atoms with Gasteiger partial charge in [0.2, 0.25) is 0 Å². The van der Waals surface area contributed by atoms with E-state index in [9.17, 15) is 4.79 Å². The van der Waals surface area contributed by atoms with Crippen LogP contribution in [0, 0.1) is 0 Å². The van der Waals surface area contributed by atoms with Gasteiger partial charge in [0.05, 0.1) is 165 Å². The first-order valence-electron chi connectivity index (χ1n) is 16.8. The molecule has 0 aromatic rings. The molecule has 0 N–H and O–H groups in total. The minimum atomic E-state index is -1.70. The molecule has 282 valence electrons. The van der Waals surface area contributed by atoms with Crippen LogP contribution < -0.4 is 0 Å². The predicted molar refractivity (Wildman–Crippen MR) is 179 cm³/mol. The Morgan fingerprint density at radius 1 is 0.404 bits per heavy atom.